The fraction of sp³-hybridized carbons (Fsp3) is 0.438. The van der Waals surface area contributed by atoms with Crippen molar-refractivity contribution in [3.05, 3.63) is 35.7 Å². The maximum Gasteiger partial charge on any atom is 0.251 e. The van der Waals surface area contributed by atoms with Crippen molar-refractivity contribution in [2.45, 2.75) is 33.2 Å². The molecule has 6 nitrogen and oxygen atoms in total. The van der Waals surface area contributed by atoms with Crippen LogP contribution in [0.5, 0.6) is 0 Å². The zero-order chi connectivity index (χ0) is 16.1. The summed E-state index contributed by atoms with van der Waals surface area (Å²) in [4.78, 5) is 12.2. The van der Waals surface area contributed by atoms with Crippen LogP contribution in [0.4, 0.5) is 0 Å². The van der Waals surface area contributed by atoms with Crippen molar-refractivity contribution in [3.63, 3.8) is 0 Å². The van der Waals surface area contributed by atoms with Crippen LogP contribution in [-0.2, 0) is 0 Å². The maximum absolute atomic E-state index is 12.2. The van der Waals surface area contributed by atoms with Crippen molar-refractivity contribution in [1.29, 1.82) is 0 Å². The molecule has 1 heterocycles. The predicted octanol–water partition coefficient (Wildman–Crippen LogP) is 2.18. The second kappa shape index (κ2) is 7.17. The minimum Gasteiger partial charge on any atom is -0.421 e. The Balaban J connectivity index is 2.07. The normalized spacial score (nSPS) is 12.4. The van der Waals surface area contributed by atoms with Gasteiger partial charge in [-0.2, -0.15) is 0 Å². The van der Waals surface area contributed by atoms with Crippen LogP contribution in [0, 0.1) is 12.8 Å². The summed E-state index contributed by atoms with van der Waals surface area (Å²) in [6.45, 7) is 5.81. The summed E-state index contributed by atoms with van der Waals surface area (Å²) in [5.74, 6) is 1.04. The molecule has 0 spiro atoms. The molecule has 0 radical (unpaired) electrons. The molecule has 0 saturated heterocycles. The van der Waals surface area contributed by atoms with Crippen LogP contribution in [-0.4, -0.2) is 33.9 Å². The second-order valence-electron chi connectivity index (χ2n) is 5.54. The summed E-state index contributed by atoms with van der Waals surface area (Å²) in [5, 5.41) is 19.7. The van der Waals surface area contributed by atoms with E-state index >= 15 is 0 Å². The first-order valence-corrected chi connectivity index (χ1v) is 7.33. The number of amides is 1. The smallest absolute Gasteiger partial charge is 0.251 e. The van der Waals surface area contributed by atoms with Gasteiger partial charge in [0.1, 0.15) is 0 Å². The van der Waals surface area contributed by atoms with Crippen LogP contribution < -0.4 is 5.32 Å². The lowest BCUT2D eigenvalue weighted by atomic mass is 10.0. The van der Waals surface area contributed by atoms with Gasteiger partial charge in [-0.3, -0.25) is 4.79 Å². The Hall–Kier alpha value is -2.21. The number of carbonyl (C=O) groups excluding carboxylic acids is 1. The van der Waals surface area contributed by atoms with E-state index in [0.717, 1.165) is 5.56 Å². The van der Waals surface area contributed by atoms with Gasteiger partial charge in [0, 0.05) is 30.7 Å². The van der Waals surface area contributed by atoms with Crippen LogP contribution in [0.15, 0.2) is 28.7 Å². The number of benzene rings is 1. The summed E-state index contributed by atoms with van der Waals surface area (Å²) < 4.78 is 5.35. The average Bonchev–Trinajstić information content (AvgIpc) is 2.93. The number of aryl methyl sites for hydroxylation is 1. The molecule has 6 heteroatoms. The molecule has 22 heavy (non-hydrogen) atoms. The van der Waals surface area contributed by atoms with Crippen molar-refractivity contribution in [1.82, 2.24) is 15.5 Å². The van der Waals surface area contributed by atoms with E-state index in [1.807, 2.05) is 13.8 Å². The zero-order valence-corrected chi connectivity index (χ0v) is 13.0. The third-order valence-electron chi connectivity index (χ3n) is 3.48. The summed E-state index contributed by atoms with van der Waals surface area (Å²) in [5.41, 5.74) is 1.33. The highest BCUT2D eigenvalue weighted by atomic mass is 16.4. The lowest BCUT2D eigenvalue weighted by Gasteiger charge is -2.21. The lowest BCUT2D eigenvalue weighted by Crippen LogP contribution is -2.39. The van der Waals surface area contributed by atoms with Crippen molar-refractivity contribution < 1.29 is 14.3 Å². The molecule has 0 fully saturated rings. The van der Waals surface area contributed by atoms with Crippen molar-refractivity contribution >= 4 is 5.91 Å². The fourth-order valence-electron chi connectivity index (χ4n) is 2.14. The van der Waals surface area contributed by atoms with Gasteiger partial charge in [-0.25, -0.2) is 0 Å². The van der Waals surface area contributed by atoms with Crippen LogP contribution in [0.1, 0.15) is 36.5 Å². The topological polar surface area (TPSA) is 88.2 Å². The Morgan fingerprint density at radius 1 is 1.27 bits per heavy atom. The molecule has 2 rings (SSSR count). The summed E-state index contributed by atoms with van der Waals surface area (Å²) in [7, 11) is 0. The van der Waals surface area contributed by atoms with Crippen molar-refractivity contribution in [2.24, 2.45) is 5.92 Å². The molecule has 1 aromatic heterocycles. The van der Waals surface area contributed by atoms with Gasteiger partial charge in [0.2, 0.25) is 11.8 Å². The lowest BCUT2D eigenvalue weighted by molar-refractivity contribution is 0.0916. The molecular weight excluding hydrogens is 282 g/mol. The molecule has 0 bridgehead atoms. The summed E-state index contributed by atoms with van der Waals surface area (Å²) in [6, 6.07) is 6.95. The molecule has 0 aliphatic rings. The minimum absolute atomic E-state index is 0.0456. The number of hydrogen-bond donors (Lipinski definition) is 2. The first-order chi connectivity index (χ1) is 10.5. The number of rotatable bonds is 6. The van der Waals surface area contributed by atoms with Gasteiger partial charge >= 0.3 is 0 Å². The third-order valence-corrected chi connectivity index (χ3v) is 3.48. The number of carbonyl (C=O) groups is 1. The minimum atomic E-state index is -0.152. The van der Waals surface area contributed by atoms with E-state index < -0.39 is 0 Å². The number of nitrogens with one attached hydrogen (secondary N) is 1. The van der Waals surface area contributed by atoms with E-state index in [-0.39, 0.29) is 24.5 Å². The Labute approximate surface area is 129 Å². The van der Waals surface area contributed by atoms with Gasteiger partial charge in [-0.15, -0.1) is 10.2 Å². The number of aromatic nitrogens is 2. The van der Waals surface area contributed by atoms with Crippen LogP contribution >= 0.6 is 0 Å². The van der Waals surface area contributed by atoms with Crippen molar-refractivity contribution in [3.8, 4) is 11.5 Å². The Morgan fingerprint density at radius 2 is 1.95 bits per heavy atom. The quantitative estimate of drug-likeness (QED) is 0.854. The van der Waals surface area contributed by atoms with Crippen LogP contribution in [0.3, 0.4) is 0 Å². The zero-order valence-electron chi connectivity index (χ0n) is 13.0. The van der Waals surface area contributed by atoms with E-state index in [9.17, 15) is 4.79 Å². The molecule has 1 amide bonds. The first kappa shape index (κ1) is 16.2. The van der Waals surface area contributed by atoms with Crippen molar-refractivity contribution in [2.75, 3.05) is 6.61 Å². The van der Waals surface area contributed by atoms with E-state index in [1.165, 1.54) is 0 Å². The predicted molar refractivity (Wildman–Crippen MR) is 82.3 cm³/mol. The SMILES string of the molecule is Cc1nnc(-c2ccc(C(=O)NC(CCO)C(C)C)cc2)o1. The highest BCUT2D eigenvalue weighted by Gasteiger charge is 2.17. The number of nitrogens with zero attached hydrogens (tertiary/aromatic N) is 2. The Kier molecular flexibility index (Phi) is 5.27. The Morgan fingerprint density at radius 3 is 2.45 bits per heavy atom. The number of hydrogen-bond acceptors (Lipinski definition) is 5. The largest absolute Gasteiger partial charge is 0.421 e. The van der Waals surface area contributed by atoms with E-state index in [4.69, 9.17) is 9.52 Å². The maximum atomic E-state index is 12.2. The second-order valence-corrected chi connectivity index (χ2v) is 5.54. The molecule has 0 aliphatic carbocycles. The third kappa shape index (κ3) is 3.92. The van der Waals surface area contributed by atoms with Gasteiger partial charge < -0.3 is 14.8 Å². The monoisotopic (exact) mass is 303 g/mol. The van der Waals surface area contributed by atoms with E-state index in [0.29, 0.717) is 23.8 Å². The summed E-state index contributed by atoms with van der Waals surface area (Å²) in [6.07, 6.45) is 0.544. The van der Waals surface area contributed by atoms with E-state index in [2.05, 4.69) is 15.5 Å². The van der Waals surface area contributed by atoms with Gasteiger partial charge in [0.15, 0.2) is 0 Å². The average molecular weight is 303 g/mol. The van der Waals surface area contributed by atoms with Crippen LogP contribution in [0.25, 0.3) is 11.5 Å². The molecule has 2 N–H and O–H groups in total. The molecule has 0 aliphatic heterocycles. The number of aliphatic hydroxyl groups excluding tert-OH is 1. The molecule has 1 unspecified atom stereocenters. The van der Waals surface area contributed by atoms with Gasteiger partial charge in [0.25, 0.3) is 5.91 Å². The molecule has 0 saturated carbocycles. The number of aliphatic hydroxyl groups is 1. The standard InChI is InChI=1S/C16H21N3O3/c1-10(2)14(8-9-20)17-15(21)12-4-6-13(7-5-12)16-19-18-11(3)22-16/h4-7,10,14,20H,8-9H2,1-3H3,(H,17,21). The van der Waals surface area contributed by atoms with Gasteiger partial charge in [-0.05, 0) is 36.6 Å². The molecule has 2 aromatic rings. The highest BCUT2D eigenvalue weighted by Crippen LogP contribution is 2.18. The highest BCUT2D eigenvalue weighted by molar-refractivity contribution is 5.94. The van der Waals surface area contributed by atoms with Gasteiger partial charge in [0.05, 0.1) is 0 Å². The molecule has 1 atom stereocenters. The Bertz CT molecular complexity index is 620. The van der Waals surface area contributed by atoms with E-state index in [1.54, 1.807) is 31.2 Å². The van der Waals surface area contributed by atoms with Gasteiger partial charge in [-0.1, -0.05) is 13.8 Å². The summed E-state index contributed by atoms with van der Waals surface area (Å²) >= 11 is 0. The molecule has 118 valence electrons. The molecule has 1 aromatic carbocycles. The molecular formula is C16H21N3O3. The van der Waals surface area contributed by atoms with Crippen LogP contribution in [0.2, 0.25) is 0 Å². The fourth-order valence-corrected chi connectivity index (χ4v) is 2.14. The first-order valence-electron chi connectivity index (χ1n) is 7.33.